The van der Waals surface area contributed by atoms with Crippen molar-refractivity contribution in [3.8, 4) is 5.75 Å². The van der Waals surface area contributed by atoms with E-state index in [0.717, 1.165) is 66.8 Å². The number of nitrogens with zero attached hydrogens (tertiary/aromatic N) is 5. The molecule has 274 valence electrons. The second kappa shape index (κ2) is 20.3. The topological polar surface area (TPSA) is 133 Å². The molecular weight excluding hydrogens is 667 g/mol. The fourth-order valence-corrected chi connectivity index (χ4v) is 6.11. The summed E-state index contributed by atoms with van der Waals surface area (Å²) in [5.41, 5.74) is 5.59. The Morgan fingerprint density at radius 1 is 0.604 bits per heavy atom. The van der Waals surface area contributed by atoms with Gasteiger partial charge in [0.25, 0.3) is 0 Å². The lowest BCUT2D eigenvalue weighted by Crippen LogP contribution is -2.28. The van der Waals surface area contributed by atoms with Gasteiger partial charge in [-0.15, -0.1) is 0 Å². The van der Waals surface area contributed by atoms with Crippen LogP contribution in [0.1, 0.15) is 89.5 Å². The molecule has 0 saturated carbocycles. The number of carbonyl (C=O) groups excluding carboxylic acids is 2. The summed E-state index contributed by atoms with van der Waals surface area (Å²) in [6, 6.07) is 31.6. The normalized spacial score (nSPS) is 13.6. The summed E-state index contributed by atoms with van der Waals surface area (Å²) in [6.45, 7) is 2.35. The highest BCUT2D eigenvalue weighted by Gasteiger charge is 2.30. The van der Waals surface area contributed by atoms with E-state index in [1.807, 2.05) is 78.9 Å². The van der Waals surface area contributed by atoms with Gasteiger partial charge in [-0.2, -0.15) is 20.5 Å². The van der Waals surface area contributed by atoms with E-state index in [1.54, 1.807) is 31.2 Å². The monoisotopic (exact) mass is 713 g/mol. The van der Waals surface area contributed by atoms with Gasteiger partial charge >= 0.3 is 5.97 Å². The minimum absolute atomic E-state index is 0.176. The van der Waals surface area contributed by atoms with Gasteiger partial charge in [0, 0.05) is 18.4 Å². The molecule has 10 heteroatoms. The first-order valence-corrected chi connectivity index (χ1v) is 18.5. The summed E-state index contributed by atoms with van der Waals surface area (Å²) in [5, 5.41) is 26.8. The fraction of sp³-hybridized carbons (Fsp3) is 0.326. The number of benzene rings is 4. The molecule has 1 saturated heterocycles. The molecule has 0 bridgehead atoms. The second-order valence-electron chi connectivity index (χ2n) is 13.1. The predicted octanol–water partition coefficient (Wildman–Crippen LogP) is 12.0. The summed E-state index contributed by atoms with van der Waals surface area (Å²) in [7, 11) is 0. The quantitative estimate of drug-likeness (QED) is 0.0421. The zero-order valence-electron chi connectivity index (χ0n) is 30.3. The van der Waals surface area contributed by atoms with E-state index < -0.39 is 5.97 Å². The van der Waals surface area contributed by atoms with Crippen molar-refractivity contribution in [1.82, 2.24) is 0 Å². The standard InChI is InChI=1S/C43H47N5O5/c1-32(43(51)52)40(33-17-19-35(20-18-33)45-44-34-14-10-9-11-15-34)16-12-7-5-3-2-4-6-8-13-31-53-39-27-23-37(24-28-39)47-46-36-21-25-38(26-22-36)48-41(49)29-30-42(48)50/h9-11,14-15,17-28H,2-8,12-13,16,29-31H2,1H3,(H,51,52). The van der Waals surface area contributed by atoms with E-state index in [9.17, 15) is 19.5 Å². The second-order valence-corrected chi connectivity index (χ2v) is 13.1. The molecule has 10 nitrogen and oxygen atoms in total. The smallest absolute Gasteiger partial charge is 0.331 e. The number of imide groups is 1. The van der Waals surface area contributed by atoms with Crippen LogP contribution in [0.5, 0.6) is 5.75 Å². The molecule has 0 aliphatic carbocycles. The number of anilines is 1. The van der Waals surface area contributed by atoms with E-state index in [1.165, 1.54) is 30.6 Å². The van der Waals surface area contributed by atoms with Gasteiger partial charge in [0.2, 0.25) is 11.8 Å². The average Bonchev–Trinajstić information content (AvgIpc) is 3.53. The average molecular weight is 714 g/mol. The first-order chi connectivity index (χ1) is 25.9. The van der Waals surface area contributed by atoms with E-state index in [0.29, 0.717) is 29.2 Å². The van der Waals surface area contributed by atoms with Crippen molar-refractivity contribution in [2.45, 2.75) is 84.0 Å². The van der Waals surface area contributed by atoms with Crippen LogP contribution in [-0.2, 0) is 14.4 Å². The highest BCUT2D eigenvalue weighted by molar-refractivity contribution is 6.19. The van der Waals surface area contributed by atoms with E-state index in [-0.39, 0.29) is 24.7 Å². The summed E-state index contributed by atoms with van der Waals surface area (Å²) >= 11 is 0. The van der Waals surface area contributed by atoms with Crippen molar-refractivity contribution in [2.24, 2.45) is 20.5 Å². The highest BCUT2D eigenvalue weighted by Crippen LogP contribution is 2.29. The number of aliphatic carboxylic acids is 1. The Kier molecular flexibility index (Phi) is 14.7. The van der Waals surface area contributed by atoms with Crippen LogP contribution in [-0.4, -0.2) is 29.5 Å². The van der Waals surface area contributed by atoms with Crippen LogP contribution in [0, 0.1) is 0 Å². The van der Waals surface area contributed by atoms with E-state index in [2.05, 4.69) is 20.5 Å². The highest BCUT2D eigenvalue weighted by atomic mass is 16.5. The fourth-order valence-electron chi connectivity index (χ4n) is 6.11. The van der Waals surface area contributed by atoms with Gasteiger partial charge in [0.15, 0.2) is 0 Å². The summed E-state index contributed by atoms with van der Waals surface area (Å²) in [5.74, 6) is -0.434. The maximum Gasteiger partial charge on any atom is 0.331 e. The maximum absolute atomic E-state index is 11.9. The number of hydrogen-bond donors (Lipinski definition) is 1. The Labute approximate surface area is 311 Å². The van der Waals surface area contributed by atoms with Crippen LogP contribution in [0.25, 0.3) is 5.57 Å². The Morgan fingerprint density at radius 2 is 1.06 bits per heavy atom. The van der Waals surface area contributed by atoms with Gasteiger partial charge in [-0.3, -0.25) is 14.5 Å². The predicted molar refractivity (Wildman–Crippen MR) is 208 cm³/mol. The Hall–Kier alpha value is -5.77. The minimum Gasteiger partial charge on any atom is -0.494 e. The molecule has 0 spiro atoms. The lowest BCUT2D eigenvalue weighted by Gasteiger charge is -2.13. The number of azo groups is 2. The van der Waals surface area contributed by atoms with E-state index in [4.69, 9.17) is 4.74 Å². The molecule has 0 unspecified atom stereocenters. The molecule has 0 aromatic heterocycles. The number of hydrogen-bond acceptors (Lipinski definition) is 8. The van der Waals surface area contributed by atoms with Crippen LogP contribution in [0.3, 0.4) is 0 Å². The molecule has 1 fully saturated rings. The SMILES string of the molecule is CC(C(=O)O)=C(CCCCCCCCCCCOc1ccc(N=Nc2ccc(N3C(=O)CCC3=O)cc2)cc1)c1ccc(N=Nc2ccccc2)cc1. The first-order valence-electron chi connectivity index (χ1n) is 18.5. The number of carboxylic acid groups (broad SMARTS) is 1. The molecule has 0 atom stereocenters. The summed E-state index contributed by atoms with van der Waals surface area (Å²) < 4.78 is 5.91. The minimum atomic E-state index is -0.881. The van der Waals surface area contributed by atoms with Crippen LogP contribution in [0.2, 0.25) is 0 Å². The Balaban J connectivity index is 0.914. The number of unbranched alkanes of at least 4 members (excludes halogenated alkanes) is 8. The molecule has 53 heavy (non-hydrogen) atoms. The van der Waals surface area contributed by atoms with Crippen LogP contribution in [0.15, 0.2) is 129 Å². The van der Waals surface area contributed by atoms with Gasteiger partial charge in [-0.05, 0) is 110 Å². The molecule has 5 rings (SSSR count). The van der Waals surface area contributed by atoms with Crippen molar-refractivity contribution in [1.29, 1.82) is 0 Å². The number of carbonyl (C=O) groups is 3. The summed E-state index contributed by atoms with van der Waals surface area (Å²) in [4.78, 5) is 36.9. The third kappa shape index (κ3) is 12.2. The molecular formula is C43H47N5O5. The van der Waals surface area contributed by atoms with Crippen molar-refractivity contribution < 1.29 is 24.2 Å². The molecule has 1 aliphatic heterocycles. The van der Waals surface area contributed by atoms with Crippen LogP contribution in [0.4, 0.5) is 28.4 Å². The Morgan fingerprint density at radius 3 is 1.58 bits per heavy atom. The van der Waals surface area contributed by atoms with Gasteiger partial charge in [0.05, 0.1) is 35.0 Å². The largest absolute Gasteiger partial charge is 0.494 e. The van der Waals surface area contributed by atoms with Gasteiger partial charge < -0.3 is 9.84 Å². The molecule has 0 radical (unpaired) electrons. The number of amides is 2. The third-order valence-corrected chi connectivity index (χ3v) is 9.14. The molecule has 1 N–H and O–H groups in total. The molecule has 4 aromatic carbocycles. The van der Waals surface area contributed by atoms with Gasteiger partial charge in [-0.25, -0.2) is 4.79 Å². The number of rotatable bonds is 20. The van der Waals surface area contributed by atoms with E-state index >= 15 is 0 Å². The van der Waals surface area contributed by atoms with Crippen molar-refractivity contribution in [3.05, 3.63) is 114 Å². The molecule has 1 heterocycles. The van der Waals surface area contributed by atoms with Crippen molar-refractivity contribution in [2.75, 3.05) is 11.5 Å². The van der Waals surface area contributed by atoms with Gasteiger partial charge in [0.1, 0.15) is 5.75 Å². The first kappa shape index (κ1) is 38.5. The van der Waals surface area contributed by atoms with Crippen LogP contribution >= 0.6 is 0 Å². The molecule has 4 aromatic rings. The maximum atomic E-state index is 11.9. The van der Waals surface area contributed by atoms with Gasteiger partial charge in [-0.1, -0.05) is 75.3 Å². The summed E-state index contributed by atoms with van der Waals surface area (Å²) in [6.07, 6.45) is 11.3. The Bertz CT molecular complexity index is 1870. The molecule has 2 amide bonds. The number of allylic oxidation sites excluding steroid dienone is 1. The van der Waals surface area contributed by atoms with Crippen molar-refractivity contribution >= 4 is 51.8 Å². The van der Waals surface area contributed by atoms with Crippen molar-refractivity contribution in [3.63, 3.8) is 0 Å². The zero-order chi connectivity index (χ0) is 37.3. The zero-order valence-corrected chi connectivity index (χ0v) is 30.3. The number of carboxylic acids is 1. The number of ether oxygens (including phenoxy) is 1. The lowest BCUT2D eigenvalue weighted by molar-refractivity contribution is -0.132. The third-order valence-electron chi connectivity index (χ3n) is 9.14. The van der Waals surface area contributed by atoms with Crippen LogP contribution < -0.4 is 9.64 Å². The molecule has 1 aliphatic rings. The lowest BCUT2D eigenvalue weighted by atomic mass is 9.94.